The second-order valence-electron chi connectivity index (χ2n) is 9.19. The van der Waals surface area contributed by atoms with E-state index < -0.39 is 29.3 Å². The monoisotopic (exact) mass is 448 g/mol. The molecule has 8 heteroatoms. The highest BCUT2D eigenvalue weighted by molar-refractivity contribution is 7.13. The molecule has 0 unspecified atom stereocenters. The van der Waals surface area contributed by atoms with E-state index in [-0.39, 0.29) is 13.2 Å². The van der Waals surface area contributed by atoms with E-state index in [1.807, 2.05) is 36.7 Å². The van der Waals surface area contributed by atoms with Crippen LogP contribution < -0.4 is 5.32 Å². The first-order valence-electron chi connectivity index (χ1n) is 10.1. The first kappa shape index (κ1) is 24.8. The van der Waals surface area contributed by atoms with E-state index in [4.69, 9.17) is 14.2 Å². The number of aryl methyl sites for hydroxylation is 1. The molecular weight excluding hydrogens is 416 g/mol. The van der Waals surface area contributed by atoms with E-state index >= 15 is 0 Å². The Kier molecular flexibility index (Phi) is 8.20. The number of rotatable bonds is 7. The summed E-state index contributed by atoms with van der Waals surface area (Å²) in [6.07, 6.45) is -0.555. The summed E-state index contributed by atoms with van der Waals surface area (Å²) in [6.45, 7) is 12.6. The predicted molar refractivity (Wildman–Crippen MR) is 121 cm³/mol. The molecule has 7 nitrogen and oxygen atoms in total. The maximum Gasteiger partial charge on any atom is 0.408 e. The highest BCUT2D eigenvalue weighted by Gasteiger charge is 2.22. The molecule has 1 N–H and O–H groups in total. The third-order valence-electron chi connectivity index (χ3n) is 3.94. The predicted octanol–water partition coefficient (Wildman–Crippen LogP) is 5.04. The van der Waals surface area contributed by atoms with Crippen molar-refractivity contribution < 1.29 is 23.8 Å². The van der Waals surface area contributed by atoms with Gasteiger partial charge in [0.2, 0.25) is 0 Å². The molecule has 0 saturated carbocycles. The van der Waals surface area contributed by atoms with Gasteiger partial charge in [-0.15, -0.1) is 11.3 Å². The van der Waals surface area contributed by atoms with Crippen molar-refractivity contribution in [2.24, 2.45) is 0 Å². The SMILES string of the molecule is Cc1ncsc1-c1ccc([C@H](COCC(=O)OC(C)(C)C)NC(=O)OC(C)(C)C)cc1. The fourth-order valence-corrected chi connectivity index (χ4v) is 3.56. The number of aromatic nitrogens is 1. The smallest absolute Gasteiger partial charge is 0.408 e. The highest BCUT2D eigenvalue weighted by atomic mass is 32.1. The number of nitrogens with zero attached hydrogens (tertiary/aromatic N) is 1. The van der Waals surface area contributed by atoms with Crippen LogP contribution in [0, 0.1) is 6.92 Å². The molecule has 1 aromatic carbocycles. The van der Waals surface area contributed by atoms with Gasteiger partial charge >= 0.3 is 12.1 Å². The minimum absolute atomic E-state index is 0.0947. The molecule has 2 aromatic rings. The van der Waals surface area contributed by atoms with Crippen LogP contribution in [0.1, 0.15) is 58.8 Å². The van der Waals surface area contributed by atoms with Crippen LogP contribution in [0.5, 0.6) is 0 Å². The molecule has 0 spiro atoms. The molecule has 31 heavy (non-hydrogen) atoms. The molecule has 0 saturated heterocycles. The van der Waals surface area contributed by atoms with Crippen molar-refractivity contribution in [3.63, 3.8) is 0 Å². The van der Waals surface area contributed by atoms with Crippen LogP contribution in [-0.4, -0.2) is 41.5 Å². The summed E-state index contributed by atoms with van der Waals surface area (Å²) in [5.74, 6) is -0.459. The second kappa shape index (κ2) is 10.2. The van der Waals surface area contributed by atoms with Crippen molar-refractivity contribution in [2.45, 2.75) is 65.7 Å². The van der Waals surface area contributed by atoms with Gasteiger partial charge in [0.1, 0.15) is 17.8 Å². The van der Waals surface area contributed by atoms with Crippen molar-refractivity contribution in [1.82, 2.24) is 10.3 Å². The standard InChI is InChI=1S/C23H32N2O5S/c1-15-20(31-14-24-15)17-10-8-16(9-11-17)18(25-21(27)30-23(5,6)7)12-28-13-19(26)29-22(2,3)4/h8-11,14,18H,12-13H2,1-7H3,(H,25,27)/t18-/m0/s1. The molecule has 2 rings (SSSR count). The van der Waals surface area contributed by atoms with Gasteiger partial charge in [0.05, 0.1) is 28.7 Å². The van der Waals surface area contributed by atoms with Crippen LogP contribution in [0.25, 0.3) is 10.4 Å². The lowest BCUT2D eigenvalue weighted by Crippen LogP contribution is -2.37. The Hall–Kier alpha value is -2.45. The molecule has 170 valence electrons. The van der Waals surface area contributed by atoms with E-state index in [1.165, 1.54) is 0 Å². The van der Waals surface area contributed by atoms with Crippen LogP contribution >= 0.6 is 11.3 Å². The molecule has 1 amide bonds. The van der Waals surface area contributed by atoms with Crippen molar-refractivity contribution in [1.29, 1.82) is 0 Å². The van der Waals surface area contributed by atoms with Crippen LogP contribution in [-0.2, 0) is 19.0 Å². The zero-order valence-electron chi connectivity index (χ0n) is 19.3. The number of carbonyl (C=O) groups is 2. The van der Waals surface area contributed by atoms with Crippen molar-refractivity contribution in [2.75, 3.05) is 13.2 Å². The summed E-state index contributed by atoms with van der Waals surface area (Å²) < 4.78 is 16.2. The summed E-state index contributed by atoms with van der Waals surface area (Å²) in [7, 11) is 0. The van der Waals surface area contributed by atoms with Gasteiger partial charge in [-0.25, -0.2) is 14.6 Å². The number of amides is 1. The third kappa shape index (κ3) is 8.67. The summed E-state index contributed by atoms with van der Waals surface area (Å²) in [5.41, 5.74) is 3.46. The molecule has 0 bridgehead atoms. The molecular formula is C23H32N2O5S. The fourth-order valence-electron chi connectivity index (χ4n) is 2.75. The van der Waals surface area contributed by atoms with Gasteiger partial charge in [0.15, 0.2) is 0 Å². The minimum Gasteiger partial charge on any atom is -0.458 e. The topological polar surface area (TPSA) is 86.8 Å². The normalized spacial score (nSPS) is 12.9. The van der Waals surface area contributed by atoms with Gasteiger partial charge in [0, 0.05) is 0 Å². The summed E-state index contributed by atoms with van der Waals surface area (Å²) >= 11 is 1.58. The van der Waals surface area contributed by atoms with Crippen LogP contribution in [0.2, 0.25) is 0 Å². The number of thiazole rings is 1. The Morgan fingerprint density at radius 3 is 2.16 bits per heavy atom. The highest BCUT2D eigenvalue weighted by Crippen LogP contribution is 2.28. The average Bonchev–Trinajstić information content (AvgIpc) is 3.04. The lowest BCUT2D eigenvalue weighted by molar-refractivity contribution is -0.160. The maximum absolute atomic E-state index is 12.3. The number of hydrogen-bond acceptors (Lipinski definition) is 7. The number of esters is 1. The van der Waals surface area contributed by atoms with Gasteiger partial charge in [0.25, 0.3) is 0 Å². The van der Waals surface area contributed by atoms with Crippen molar-refractivity contribution in [3.05, 3.63) is 41.0 Å². The molecule has 1 atom stereocenters. The Bertz CT molecular complexity index is 879. The van der Waals surface area contributed by atoms with E-state index in [0.717, 1.165) is 21.7 Å². The summed E-state index contributed by atoms with van der Waals surface area (Å²) in [4.78, 5) is 29.7. The maximum atomic E-state index is 12.3. The van der Waals surface area contributed by atoms with Gasteiger partial charge in [-0.3, -0.25) is 0 Å². The van der Waals surface area contributed by atoms with Gasteiger partial charge in [-0.2, -0.15) is 0 Å². The first-order valence-corrected chi connectivity index (χ1v) is 11.0. The number of nitrogens with one attached hydrogen (secondary N) is 1. The average molecular weight is 449 g/mol. The number of benzene rings is 1. The van der Waals surface area contributed by atoms with Crippen LogP contribution in [0.3, 0.4) is 0 Å². The second-order valence-corrected chi connectivity index (χ2v) is 10.0. The van der Waals surface area contributed by atoms with Gasteiger partial charge < -0.3 is 19.5 Å². The van der Waals surface area contributed by atoms with Crippen LogP contribution in [0.15, 0.2) is 29.8 Å². The number of alkyl carbamates (subject to hydrolysis) is 1. The lowest BCUT2D eigenvalue weighted by atomic mass is 10.0. The first-order chi connectivity index (χ1) is 14.3. The molecule has 0 aliphatic carbocycles. The number of hydrogen-bond donors (Lipinski definition) is 1. The van der Waals surface area contributed by atoms with Gasteiger partial charge in [-0.05, 0) is 59.6 Å². The summed E-state index contributed by atoms with van der Waals surface area (Å²) in [5, 5.41) is 2.83. The Morgan fingerprint density at radius 2 is 1.65 bits per heavy atom. The van der Waals surface area contributed by atoms with Gasteiger partial charge in [-0.1, -0.05) is 24.3 Å². The zero-order valence-corrected chi connectivity index (χ0v) is 20.1. The summed E-state index contributed by atoms with van der Waals surface area (Å²) in [6, 6.07) is 7.32. The Labute approximate surface area is 188 Å². The van der Waals surface area contributed by atoms with E-state index in [2.05, 4.69) is 10.3 Å². The lowest BCUT2D eigenvalue weighted by Gasteiger charge is -2.24. The molecule has 1 aromatic heterocycles. The fraction of sp³-hybridized carbons (Fsp3) is 0.522. The molecule has 0 fully saturated rings. The third-order valence-corrected chi connectivity index (χ3v) is 4.91. The molecule has 0 aliphatic rings. The van der Waals surface area contributed by atoms with E-state index in [9.17, 15) is 9.59 Å². The molecule has 0 radical (unpaired) electrons. The number of ether oxygens (including phenoxy) is 3. The minimum atomic E-state index is -0.625. The molecule has 1 heterocycles. The van der Waals surface area contributed by atoms with Crippen molar-refractivity contribution in [3.8, 4) is 10.4 Å². The van der Waals surface area contributed by atoms with E-state index in [1.54, 1.807) is 52.9 Å². The molecule has 0 aliphatic heterocycles. The Balaban J connectivity index is 2.10. The number of carbonyl (C=O) groups excluding carboxylic acids is 2. The Morgan fingerprint density at radius 1 is 1.03 bits per heavy atom. The zero-order chi connectivity index (χ0) is 23.2. The largest absolute Gasteiger partial charge is 0.458 e. The quantitative estimate of drug-likeness (QED) is 0.597. The van der Waals surface area contributed by atoms with Crippen LogP contribution in [0.4, 0.5) is 4.79 Å². The van der Waals surface area contributed by atoms with Crippen molar-refractivity contribution >= 4 is 23.4 Å². The van der Waals surface area contributed by atoms with E-state index in [0.29, 0.717) is 0 Å².